The smallest absolute Gasteiger partial charge is 0.111 e. The molecule has 0 spiro atoms. The average molecular weight is 216 g/mol. The predicted octanol–water partition coefficient (Wildman–Crippen LogP) is 2.38. The summed E-state index contributed by atoms with van der Waals surface area (Å²) in [5.41, 5.74) is 1.09. The molecule has 0 radical (unpaired) electrons. The summed E-state index contributed by atoms with van der Waals surface area (Å²) in [5, 5.41) is 0. The van der Waals surface area contributed by atoms with E-state index < -0.39 is 0 Å². The third kappa shape index (κ3) is 2.60. The van der Waals surface area contributed by atoms with Crippen LogP contribution in [0.15, 0.2) is 22.9 Å². The van der Waals surface area contributed by atoms with E-state index >= 15 is 0 Å². The molecule has 11 heavy (non-hydrogen) atoms. The van der Waals surface area contributed by atoms with Crippen LogP contribution in [-0.2, 0) is 11.3 Å². The van der Waals surface area contributed by atoms with Gasteiger partial charge in [-0.1, -0.05) is 6.07 Å². The van der Waals surface area contributed by atoms with Crippen LogP contribution in [-0.4, -0.2) is 11.6 Å². The van der Waals surface area contributed by atoms with Gasteiger partial charge in [0.15, 0.2) is 0 Å². The van der Waals surface area contributed by atoms with Crippen LogP contribution in [0.1, 0.15) is 12.5 Å². The highest BCUT2D eigenvalue weighted by Crippen LogP contribution is 2.12. The highest BCUT2D eigenvalue weighted by molar-refractivity contribution is 9.10. The number of hydrogen-bond donors (Lipinski definition) is 0. The van der Waals surface area contributed by atoms with Crippen molar-refractivity contribution in [1.82, 2.24) is 4.98 Å². The first-order valence-electron chi connectivity index (χ1n) is 3.51. The highest BCUT2D eigenvalue weighted by atomic mass is 79.9. The Morgan fingerprint density at radius 3 is 3.09 bits per heavy atom. The Balaban J connectivity index is 2.62. The maximum absolute atomic E-state index is 5.23. The summed E-state index contributed by atoms with van der Waals surface area (Å²) in [6.07, 6.45) is 1.75. The topological polar surface area (TPSA) is 22.1 Å². The lowest BCUT2D eigenvalue weighted by Crippen LogP contribution is -1.93. The summed E-state index contributed by atoms with van der Waals surface area (Å²) in [7, 11) is 0. The molecule has 0 fully saturated rings. The van der Waals surface area contributed by atoms with E-state index in [-0.39, 0.29) is 0 Å². The first-order chi connectivity index (χ1) is 5.34. The van der Waals surface area contributed by atoms with Crippen LogP contribution >= 0.6 is 15.9 Å². The van der Waals surface area contributed by atoms with E-state index in [0.717, 1.165) is 16.8 Å². The summed E-state index contributed by atoms with van der Waals surface area (Å²) in [5.74, 6) is 0. The molecule has 0 aliphatic heterocycles. The maximum atomic E-state index is 5.23. The van der Waals surface area contributed by atoms with Gasteiger partial charge in [-0.3, -0.25) is 0 Å². The number of pyridine rings is 1. The van der Waals surface area contributed by atoms with Crippen molar-refractivity contribution in [1.29, 1.82) is 0 Å². The summed E-state index contributed by atoms with van der Waals surface area (Å²) >= 11 is 3.34. The molecule has 0 bridgehead atoms. The lowest BCUT2D eigenvalue weighted by molar-refractivity contribution is 0.133. The van der Waals surface area contributed by atoms with Gasteiger partial charge in [0.25, 0.3) is 0 Å². The van der Waals surface area contributed by atoms with Gasteiger partial charge in [-0.2, -0.15) is 0 Å². The van der Waals surface area contributed by atoms with E-state index in [1.54, 1.807) is 6.20 Å². The zero-order chi connectivity index (χ0) is 8.10. The maximum Gasteiger partial charge on any atom is 0.111 e. The summed E-state index contributed by atoms with van der Waals surface area (Å²) in [6, 6.07) is 3.89. The van der Waals surface area contributed by atoms with Crippen molar-refractivity contribution in [3.8, 4) is 0 Å². The van der Waals surface area contributed by atoms with Gasteiger partial charge >= 0.3 is 0 Å². The van der Waals surface area contributed by atoms with Crippen molar-refractivity contribution < 1.29 is 4.74 Å². The number of nitrogens with zero attached hydrogens (tertiary/aromatic N) is 1. The largest absolute Gasteiger partial charge is 0.377 e. The number of rotatable bonds is 3. The van der Waals surface area contributed by atoms with Crippen LogP contribution in [0.3, 0.4) is 0 Å². The molecular weight excluding hydrogens is 206 g/mol. The minimum Gasteiger partial charge on any atom is -0.377 e. The quantitative estimate of drug-likeness (QED) is 0.723. The molecule has 0 unspecified atom stereocenters. The molecule has 2 nitrogen and oxygen atoms in total. The van der Waals surface area contributed by atoms with Gasteiger partial charge in [0.2, 0.25) is 0 Å². The van der Waals surface area contributed by atoms with Gasteiger partial charge in [0.05, 0.1) is 6.61 Å². The van der Waals surface area contributed by atoms with E-state index in [9.17, 15) is 0 Å². The fourth-order valence-electron chi connectivity index (χ4n) is 0.739. The minimum atomic E-state index is 0.630. The normalized spacial score (nSPS) is 10.0. The zero-order valence-electron chi connectivity index (χ0n) is 6.38. The minimum absolute atomic E-state index is 0.630. The van der Waals surface area contributed by atoms with Gasteiger partial charge in [0, 0.05) is 18.4 Å². The molecule has 0 amide bonds. The van der Waals surface area contributed by atoms with E-state index in [1.807, 2.05) is 19.1 Å². The van der Waals surface area contributed by atoms with Crippen LogP contribution in [0.5, 0.6) is 0 Å². The molecule has 0 saturated carbocycles. The molecule has 0 aromatic carbocycles. The second-order valence-electron chi connectivity index (χ2n) is 2.09. The lowest BCUT2D eigenvalue weighted by atomic mass is 10.3. The molecule has 1 rings (SSSR count). The SMILES string of the molecule is CCOCc1cccnc1Br. The molecule has 1 aromatic rings. The molecule has 0 saturated heterocycles. The van der Waals surface area contributed by atoms with Crippen LogP contribution in [0, 0.1) is 0 Å². The standard InChI is InChI=1S/C8H10BrNO/c1-2-11-6-7-4-3-5-10-8(7)9/h3-5H,2,6H2,1H3. The van der Waals surface area contributed by atoms with E-state index in [1.165, 1.54) is 0 Å². The van der Waals surface area contributed by atoms with Gasteiger partial charge < -0.3 is 4.74 Å². The van der Waals surface area contributed by atoms with Crippen molar-refractivity contribution in [2.75, 3.05) is 6.61 Å². The molecule has 3 heteroatoms. The van der Waals surface area contributed by atoms with Crippen LogP contribution in [0.2, 0.25) is 0 Å². The molecule has 0 aliphatic carbocycles. The Labute approximate surface area is 74.7 Å². The number of hydrogen-bond acceptors (Lipinski definition) is 2. The molecule has 0 aliphatic rings. The van der Waals surface area contributed by atoms with Crippen molar-refractivity contribution >= 4 is 15.9 Å². The van der Waals surface area contributed by atoms with Crippen molar-refractivity contribution in [3.05, 3.63) is 28.5 Å². The predicted molar refractivity (Wildman–Crippen MR) is 47.3 cm³/mol. The Bertz CT molecular complexity index is 227. The Morgan fingerprint density at radius 1 is 1.64 bits per heavy atom. The fourth-order valence-corrected chi connectivity index (χ4v) is 1.10. The van der Waals surface area contributed by atoms with Crippen LogP contribution in [0.25, 0.3) is 0 Å². The van der Waals surface area contributed by atoms with Crippen molar-refractivity contribution in [3.63, 3.8) is 0 Å². The van der Waals surface area contributed by atoms with Crippen LogP contribution < -0.4 is 0 Å². The molecule has 0 N–H and O–H groups in total. The Hall–Kier alpha value is -0.410. The third-order valence-corrected chi connectivity index (χ3v) is 2.01. The highest BCUT2D eigenvalue weighted by Gasteiger charge is 1.97. The van der Waals surface area contributed by atoms with E-state index in [4.69, 9.17) is 4.74 Å². The monoisotopic (exact) mass is 215 g/mol. The Kier molecular flexibility index (Phi) is 3.52. The van der Waals surface area contributed by atoms with E-state index in [2.05, 4.69) is 20.9 Å². The summed E-state index contributed by atoms with van der Waals surface area (Å²) < 4.78 is 6.10. The van der Waals surface area contributed by atoms with E-state index in [0.29, 0.717) is 6.61 Å². The number of ether oxygens (including phenoxy) is 1. The van der Waals surface area contributed by atoms with Gasteiger partial charge in [-0.25, -0.2) is 4.98 Å². The lowest BCUT2D eigenvalue weighted by Gasteiger charge is -2.01. The average Bonchev–Trinajstić information content (AvgIpc) is 2.03. The van der Waals surface area contributed by atoms with Crippen molar-refractivity contribution in [2.24, 2.45) is 0 Å². The van der Waals surface area contributed by atoms with Crippen LogP contribution in [0.4, 0.5) is 0 Å². The molecule has 1 aromatic heterocycles. The fraction of sp³-hybridized carbons (Fsp3) is 0.375. The molecular formula is C8H10BrNO. The zero-order valence-corrected chi connectivity index (χ0v) is 7.97. The molecule has 0 atom stereocenters. The first kappa shape index (κ1) is 8.68. The second kappa shape index (κ2) is 4.46. The Morgan fingerprint density at radius 2 is 2.45 bits per heavy atom. The second-order valence-corrected chi connectivity index (χ2v) is 2.84. The molecule has 60 valence electrons. The summed E-state index contributed by atoms with van der Waals surface area (Å²) in [4.78, 5) is 4.07. The van der Waals surface area contributed by atoms with Gasteiger partial charge in [-0.05, 0) is 28.9 Å². The number of halogens is 1. The first-order valence-corrected chi connectivity index (χ1v) is 4.31. The van der Waals surface area contributed by atoms with Crippen molar-refractivity contribution in [2.45, 2.75) is 13.5 Å². The summed E-state index contributed by atoms with van der Waals surface area (Å²) in [6.45, 7) is 3.34. The van der Waals surface area contributed by atoms with Gasteiger partial charge in [-0.15, -0.1) is 0 Å². The number of aromatic nitrogens is 1. The third-order valence-electron chi connectivity index (χ3n) is 1.30. The molecule has 1 heterocycles. The van der Waals surface area contributed by atoms with Gasteiger partial charge in [0.1, 0.15) is 4.60 Å².